The smallest absolute Gasteiger partial charge is 0.242 e. The lowest BCUT2D eigenvalue weighted by Gasteiger charge is -2.10. The quantitative estimate of drug-likeness (QED) is 0.446. The van der Waals surface area contributed by atoms with Crippen molar-refractivity contribution in [2.75, 3.05) is 18.4 Å². The highest BCUT2D eigenvalue weighted by molar-refractivity contribution is 7.89. The molecule has 9 nitrogen and oxygen atoms in total. The van der Waals surface area contributed by atoms with Crippen molar-refractivity contribution in [3.05, 3.63) is 48.5 Å². The van der Waals surface area contributed by atoms with Gasteiger partial charge in [0.2, 0.25) is 10.0 Å². The number of benzene rings is 1. The summed E-state index contributed by atoms with van der Waals surface area (Å²) < 4.78 is 30.1. The van der Waals surface area contributed by atoms with Gasteiger partial charge in [-0.3, -0.25) is 4.98 Å². The third-order valence-electron chi connectivity index (χ3n) is 4.70. The average molecular weight is 426 g/mol. The molecule has 0 aliphatic heterocycles. The van der Waals surface area contributed by atoms with E-state index in [1.807, 2.05) is 25.1 Å². The van der Waals surface area contributed by atoms with Gasteiger partial charge in [-0.05, 0) is 25.5 Å². The fourth-order valence-corrected chi connectivity index (χ4v) is 4.43. The molecule has 30 heavy (non-hydrogen) atoms. The van der Waals surface area contributed by atoms with Crippen molar-refractivity contribution in [1.29, 1.82) is 0 Å². The number of fused-ring (bicyclic) bond motifs is 2. The molecule has 3 heterocycles. The highest BCUT2D eigenvalue weighted by Gasteiger charge is 2.18. The molecule has 1 aromatic carbocycles. The van der Waals surface area contributed by atoms with E-state index >= 15 is 0 Å². The number of anilines is 1. The van der Waals surface area contributed by atoms with Crippen LogP contribution in [0.25, 0.3) is 21.9 Å². The van der Waals surface area contributed by atoms with E-state index in [1.165, 1.54) is 6.33 Å². The predicted molar refractivity (Wildman–Crippen MR) is 116 cm³/mol. The Morgan fingerprint density at radius 3 is 2.80 bits per heavy atom. The summed E-state index contributed by atoms with van der Waals surface area (Å²) in [5, 5.41) is 9.19. The van der Waals surface area contributed by atoms with Crippen LogP contribution in [0.15, 0.2) is 47.8 Å². The van der Waals surface area contributed by atoms with Gasteiger partial charge in [0.05, 0.1) is 23.6 Å². The third kappa shape index (κ3) is 3.96. The van der Waals surface area contributed by atoms with Gasteiger partial charge in [-0.1, -0.05) is 25.1 Å². The summed E-state index contributed by atoms with van der Waals surface area (Å²) in [7, 11) is -3.73. The summed E-state index contributed by atoms with van der Waals surface area (Å²) in [6.45, 7) is 5.22. The number of hydrogen-bond donors (Lipinski definition) is 2. The first-order valence-electron chi connectivity index (χ1n) is 9.76. The van der Waals surface area contributed by atoms with E-state index in [1.54, 1.807) is 23.0 Å². The summed E-state index contributed by atoms with van der Waals surface area (Å²) in [5.74, 6) is 0.728. The van der Waals surface area contributed by atoms with Gasteiger partial charge in [-0.15, -0.1) is 0 Å². The van der Waals surface area contributed by atoms with Crippen molar-refractivity contribution >= 4 is 37.8 Å². The molecule has 0 radical (unpaired) electrons. The first kappa shape index (κ1) is 20.2. The van der Waals surface area contributed by atoms with Crippen LogP contribution in [0.4, 0.5) is 5.82 Å². The van der Waals surface area contributed by atoms with Crippen LogP contribution in [0.3, 0.4) is 0 Å². The number of para-hydroxylation sites is 1. The van der Waals surface area contributed by atoms with Crippen LogP contribution < -0.4 is 10.0 Å². The molecule has 10 heteroatoms. The molecule has 0 saturated carbocycles. The summed E-state index contributed by atoms with van der Waals surface area (Å²) in [5.41, 5.74) is 1.89. The van der Waals surface area contributed by atoms with E-state index in [2.05, 4.69) is 37.0 Å². The second kappa shape index (κ2) is 8.33. The van der Waals surface area contributed by atoms with Crippen LogP contribution in [0, 0.1) is 6.92 Å². The van der Waals surface area contributed by atoms with Crippen LogP contribution in [-0.4, -0.2) is 46.2 Å². The highest BCUT2D eigenvalue weighted by Crippen LogP contribution is 2.22. The number of aryl methyl sites for hydroxylation is 1. The fourth-order valence-electron chi connectivity index (χ4n) is 3.24. The van der Waals surface area contributed by atoms with E-state index in [0.29, 0.717) is 17.7 Å². The van der Waals surface area contributed by atoms with Crippen LogP contribution in [0.5, 0.6) is 0 Å². The standard InChI is InChI=1S/C20H23N7O2S/c1-3-9-21-19-16-12-24-27(20(16)23-13-22-19)11-10-25-30(28,29)17-6-4-5-15-8-7-14(2)26-18(15)17/h4-8,12-13,25H,3,9-11H2,1-2H3,(H,21,22,23). The highest BCUT2D eigenvalue weighted by atomic mass is 32.2. The Bertz CT molecular complexity index is 1300. The maximum absolute atomic E-state index is 12.9. The molecule has 0 amide bonds. The number of nitrogens with zero attached hydrogens (tertiary/aromatic N) is 5. The lowest BCUT2D eigenvalue weighted by Crippen LogP contribution is -2.28. The number of aromatic nitrogens is 5. The zero-order chi connectivity index (χ0) is 21.1. The molecule has 4 aromatic rings. The molecule has 0 bridgehead atoms. The largest absolute Gasteiger partial charge is 0.369 e. The third-order valence-corrected chi connectivity index (χ3v) is 6.20. The molecule has 0 atom stereocenters. The molecular formula is C20H23N7O2S. The minimum atomic E-state index is -3.73. The maximum atomic E-state index is 12.9. The molecule has 0 saturated heterocycles. The van der Waals surface area contributed by atoms with Gasteiger partial charge in [0.15, 0.2) is 5.65 Å². The Kier molecular flexibility index (Phi) is 5.60. The van der Waals surface area contributed by atoms with Crippen molar-refractivity contribution in [2.45, 2.75) is 31.7 Å². The van der Waals surface area contributed by atoms with E-state index in [0.717, 1.165) is 35.2 Å². The summed E-state index contributed by atoms with van der Waals surface area (Å²) in [6, 6.07) is 8.87. The molecule has 0 aliphatic rings. The predicted octanol–water partition coefficient (Wildman–Crippen LogP) is 2.48. The number of sulfonamides is 1. The van der Waals surface area contributed by atoms with Crippen molar-refractivity contribution in [3.8, 4) is 0 Å². The number of pyridine rings is 1. The van der Waals surface area contributed by atoms with Gasteiger partial charge in [0.1, 0.15) is 17.0 Å². The van der Waals surface area contributed by atoms with Gasteiger partial charge in [-0.25, -0.2) is 27.8 Å². The number of hydrogen-bond acceptors (Lipinski definition) is 7. The fraction of sp³-hybridized carbons (Fsp3) is 0.300. The molecular weight excluding hydrogens is 402 g/mol. The van der Waals surface area contributed by atoms with Crippen molar-refractivity contribution in [2.24, 2.45) is 0 Å². The molecule has 0 spiro atoms. The summed E-state index contributed by atoms with van der Waals surface area (Å²) in [4.78, 5) is 13.1. The minimum Gasteiger partial charge on any atom is -0.369 e. The zero-order valence-electron chi connectivity index (χ0n) is 16.8. The lowest BCUT2D eigenvalue weighted by atomic mass is 10.2. The monoisotopic (exact) mass is 425 g/mol. The Balaban J connectivity index is 1.53. The molecule has 0 fully saturated rings. The summed E-state index contributed by atoms with van der Waals surface area (Å²) in [6.07, 6.45) is 4.15. The van der Waals surface area contributed by atoms with Crippen LogP contribution in [0.2, 0.25) is 0 Å². The first-order valence-corrected chi connectivity index (χ1v) is 11.2. The zero-order valence-corrected chi connectivity index (χ0v) is 17.6. The molecule has 0 unspecified atom stereocenters. The second-order valence-electron chi connectivity index (χ2n) is 6.93. The molecule has 2 N–H and O–H groups in total. The Hall–Kier alpha value is -3.11. The van der Waals surface area contributed by atoms with Gasteiger partial charge in [-0.2, -0.15) is 5.10 Å². The van der Waals surface area contributed by atoms with Crippen LogP contribution in [-0.2, 0) is 16.6 Å². The normalized spacial score (nSPS) is 11.9. The van der Waals surface area contributed by atoms with E-state index < -0.39 is 10.0 Å². The first-order chi connectivity index (χ1) is 14.5. The second-order valence-corrected chi connectivity index (χ2v) is 8.67. The average Bonchev–Trinajstić information content (AvgIpc) is 3.15. The van der Waals surface area contributed by atoms with Gasteiger partial charge >= 0.3 is 0 Å². The molecule has 0 aliphatic carbocycles. The topological polar surface area (TPSA) is 115 Å². The SMILES string of the molecule is CCCNc1ncnc2c1cnn2CCNS(=O)(=O)c1cccc2ccc(C)nc12. The Morgan fingerprint density at radius 1 is 1.10 bits per heavy atom. The maximum Gasteiger partial charge on any atom is 0.242 e. The van der Waals surface area contributed by atoms with Gasteiger partial charge in [0, 0.05) is 24.2 Å². The van der Waals surface area contributed by atoms with E-state index in [4.69, 9.17) is 0 Å². The van der Waals surface area contributed by atoms with Gasteiger partial charge < -0.3 is 5.32 Å². The number of nitrogens with one attached hydrogen (secondary N) is 2. The Morgan fingerprint density at radius 2 is 1.97 bits per heavy atom. The molecule has 3 aromatic heterocycles. The molecule has 156 valence electrons. The summed E-state index contributed by atoms with van der Waals surface area (Å²) >= 11 is 0. The van der Waals surface area contributed by atoms with Crippen LogP contribution >= 0.6 is 0 Å². The van der Waals surface area contributed by atoms with Crippen molar-refractivity contribution in [1.82, 2.24) is 29.5 Å². The lowest BCUT2D eigenvalue weighted by molar-refractivity contribution is 0.565. The van der Waals surface area contributed by atoms with E-state index in [9.17, 15) is 8.42 Å². The van der Waals surface area contributed by atoms with Crippen molar-refractivity contribution in [3.63, 3.8) is 0 Å². The number of rotatable bonds is 8. The van der Waals surface area contributed by atoms with Crippen LogP contribution in [0.1, 0.15) is 19.0 Å². The van der Waals surface area contributed by atoms with Gasteiger partial charge in [0.25, 0.3) is 0 Å². The Labute approximate surface area is 174 Å². The van der Waals surface area contributed by atoms with E-state index in [-0.39, 0.29) is 11.4 Å². The minimum absolute atomic E-state index is 0.169. The van der Waals surface area contributed by atoms with Crippen molar-refractivity contribution < 1.29 is 8.42 Å². The molecule has 4 rings (SSSR count).